The van der Waals surface area contributed by atoms with Crippen molar-refractivity contribution < 1.29 is 14.4 Å². The molecule has 150 valence electrons. The van der Waals surface area contributed by atoms with E-state index in [9.17, 15) is 14.4 Å². The number of rotatable bonds is 3. The molecule has 5 rings (SSSR count). The van der Waals surface area contributed by atoms with Gasteiger partial charge in [-0.15, -0.1) is 0 Å². The molecule has 0 N–H and O–H groups in total. The van der Waals surface area contributed by atoms with Gasteiger partial charge in [-0.25, -0.2) is 14.9 Å². The molecule has 4 aromatic rings. The molecule has 7 nitrogen and oxygen atoms in total. The second kappa shape index (κ2) is 7.14. The number of imide groups is 1. The van der Waals surface area contributed by atoms with Crippen molar-refractivity contribution in [3.05, 3.63) is 95.8 Å². The van der Waals surface area contributed by atoms with Crippen molar-refractivity contribution in [2.45, 2.75) is 0 Å². The number of carbonyl (C=O) groups is 3. The molecule has 31 heavy (non-hydrogen) atoms. The van der Waals surface area contributed by atoms with Gasteiger partial charge in [-0.2, -0.15) is 0 Å². The molecule has 0 saturated carbocycles. The Balaban J connectivity index is 1.44. The second-order valence-corrected chi connectivity index (χ2v) is 7.10. The third-order valence-electron chi connectivity index (χ3n) is 5.20. The van der Waals surface area contributed by atoms with E-state index >= 15 is 0 Å². The molecular formula is C24H16N4O3. The van der Waals surface area contributed by atoms with Crippen molar-refractivity contribution in [2.24, 2.45) is 0 Å². The molecule has 0 atom stereocenters. The fraction of sp³-hybridized carbons (Fsp3) is 0.0417. The summed E-state index contributed by atoms with van der Waals surface area (Å²) in [5, 5.41) is 0. The summed E-state index contributed by atoms with van der Waals surface area (Å²) in [6, 6.07) is 22.7. The highest BCUT2D eigenvalue weighted by Crippen LogP contribution is 2.28. The van der Waals surface area contributed by atoms with E-state index in [1.54, 1.807) is 55.6 Å². The molecule has 0 aliphatic carbocycles. The molecule has 0 saturated heterocycles. The fourth-order valence-electron chi connectivity index (χ4n) is 3.55. The lowest BCUT2D eigenvalue weighted by molar-refractivity contribution is 0.0922. The molecule has 3 aromatic carbocycles. The maximum atomic E-state index is 12.9. The van der Waals surface area contributed by atoms with E-state index in [-0.39, 0.29) is 17.3 Å². The summed E-state index contributed by atoms with van der Waals surface area (Å²) in [5.41, 5.74) is 2.73. The van der Waals surface area contributed by atoms with Gasteiger partial charge in [0.25, 0.3) is 17.7 Å². The zero-order valence-electron chi connectivity index (χ0n) is 16.5. The van der Waals surface area contributed by atoms with Gasteiger partial charge in [0.15, 0.2) is 11.4 Å². The van der Waals surface area contributed by atoms with Crippen molar-refractivity contribution in [3.8, 4) is 0 Å². The minimum absolute atomic E-state index is 0.0349. The summed E-state index contributed by atoms with van der Waals surface area (Å²) in [7, 11) is 1.69. The van der Waals surface area contributed by atoms with E-state index in [1.807, 2.05) is 30.3 Å². The number of amides is 3. The zero-order chi connectivity index (χ0) is 21.5. The zero-order valence-corrected chi connectivity index (χ0v) is 16.5. The van der Waals surface area contributed by atoms with Crippen LogP contribution in [0.5, 0.6) is 0 Å². The fourth-order valence-corrected chi connectivity index (χ4v) is 3.55. The molecule has 1 aliphatic rings. The molecule has 3 amide bonds. The molecule has 1 aromatic heterocycles. The highest BCUT2D eigenvalue weighted by Gasteiger charge is 2.40. The smallest absolute Gasteiger partial charge is 0.286 e. The van der Waals surface area contributed by atoms with Crippen molar-refractivity contribution in [2.75, 3.05) is 16.8 Å². The summed E-state index contributed by atoms with van der Waals surface area (Å²) in [4.78, 5) is 49.8. The minimum Gasteiger partial charge on any atom is -0.311 e. The summed E-state index contributed by atoms with van der Waals surface area (Å²) < 4.78 is 0. The Bertz CT molecular complexity index is 1300. The van der Waals surface area contributed by atoms with Crippen LogP contribution in [-0.2, 0) is 0 Å². The monoisotopic (exact) mass is 408 g/mol. The predicted octanol–water partition coefficient (Wildman–Crippen LogP) is 3.71. The molecule has 2 heterocycles. The van der Waals surface area contributed by atoms with Crippen LogP contribution in [0.4, 0.5) is 11.4 Å². The predicted molar refractivity (Wildman–Crippen MR) is 116 cm³/mol. The first-order chi connectivity index (χ1) is 15.0. The van der Waals surface area contributed by atoms with Gasteiger partial charge in [0.2, 0.25) is 0 Å². The topological polar surface area (TPSA) is 83.5 Å². The average Bonchev–Trinajstić information content (AvgIpc) is 3.06. The maximum absolute atomic E-state index is 12.9. The van der Waals surface area contributed by atoms with Gasteiger partial charge in [0.05, 0.1) is 16.7 Å². The Hall–Kier alpha value is -4.39. The van der Waals surface area contributed by atoms with Crippen LogP contribution < -0.4 is 9.80 Å². The van der Waals surface area contributed by atoms with Crippen LogP contribution in [0, 0.1) is 0 Å². The standard InChI is InChI=1S/C24H16N4O3/c1-27(16-7-3-2-4-8-16)22(29)15-11-13-17(14-12-15)28-23(30)20-21(24(28)31)26-19-10-6-5-9-18(19)25-20/h2-14H,1H3. The van der Waals surface area contributed by atoms with E-state index in [1.165, 1.54) is 4.90 Å². The molecule has 1 aliphatic heterocycles. The number of hydrogen-bond donors (Lipinski definition) is 0. The summed E-state index contributed by atoms with van der Waals surface area (Å²) in [6.45, 7) is 0. The maximum Gasteiger partial charge on any atom is 0.286 e. The molecule has 0 radical (unpaired) electrons. The van der Waals surface area contributed by atoms with Gasteiger partial charge in [-0.3, -0.25) is 14.4 Å². The van der Waals surface area contributed by atoms with E-state index < -0.39 is 11.8 Å². The highest BCUT2D eigenvalue weighted by atomic mass is 16.2. The second-order valence-electron chi connectivity index (χ2n) is 7.10. The first-order valence-corrected chi connectivity index (χ1v) is 9.63. The Labute approximate surface area is 177 Å². The summed E-state index contributed by atoms with van der Waals surface area (Å²) in [6.07, 6.45) is 0. The van der Waals surface area contributed by atoms with E-state index in [4.69, 9.17) is 0 Å². The van der Waals surface area contributed by atoms with Crippen LogP contribution in [0.3, 0.4) is 0 Å². The third-order valence-corrected chi connectivity index (χ3v) is 5.20. The van der Waals surface area contributed by atoms with Crippen LogP contribution >= 0.6 is 0 Å². The van der Waals surface area contributed by atoms with Crippen LogP contribution in [-0.4, -0.2) is 34.7 Å². The number of benzene rings is 3. The Kier molecular flexibility index (Phi) is 4.29. The SMILES string of the molecule is CN(C(=O)c1ccc(N2C(=O)c3nc4ccccc4nc3C2=O)cc1)c1ccccc1. The van der Waals surface area contributed by atoms with E-state index in [0.29, 0.717) is 22.3 Å². The highest BCUT2D eigenvalue weighted by molar-refractivity contribution is 6.33. The Morgan fingerprint density at radius 2 is 1.26 bits per heavy atom. The van der Waals surface area contributed by atoms with Crippen molar-refractivity contribution in [1.82, 2.24) is 9.97 Å². The van der Waals surface area contributed by atoms with Crippen LogP contribution in [0.25, 0.3) is 11.0 Å². The molecule has 7 heteroatoms. The van der Waals surface area contributed by atoms with Crippen molar-refractivity contribution in [1.29, 1.82) is 0 Å². The number of aromatic nitrogens is 2. The molecule has 0 bridgehead atoms. The Morgan fingerprint density at radius 1 is 0.742 bits per heavy atom. The summed E-state index contributed by atoms with van der Waals surface area (Å²) in [5.74, 6) is -1.26. The van der Waals surface area contributed by atoms with E-state index in [2.05, 4.69) is 9.97 Å². The number of nitrogens with zero attached hydrogens (tertiary/aromatic N) is 4. The van der Waals surface area contributed by atoms with Gasteiger partial charge < -0.3 is 4.90 Å². The number of hydrogen-bond acceptors (Lipinski definition) is 5. The van der Waals surface area contributed by atoms with Gasteiger partial charge in [0.1, 0.15) is 0 Å². The lowest BCUT2D eigenvalue weighted by Crippen LogP contribution is -2.30. The lowest BCUT2D eigenvalue weighted by atomic mass is 10.1. The first kappa shape index (κ1) is 18.6. The van der Waals surface area contributed by atoms with Gasteiger partial charge in [0, 0.05) is 18.3 Å². The Morgan fingerprint density at radius 3 is 1.81 bits per heavy atom. The quantitative estimate of drug-likeness (QED) is 0.483. The number of para-hydroxylation sites is 3. The number of carbonyl (C=O) groups excluding carboxylic acids is 3. The lowest BCUT2D eigenvalue weighted by Gasteiger charge is -2.18. The number of anilines is 2. The first-order valence-electron chi connectivity index (χ1n) is 9.63. The summed E-state index contributed by atoms with van der Waals surface area (Å²) >= 11 is 0. The molecule has 0 fully saturated rings. The molecule has 0 unspecified atom stereocenters. The molecule has 0 spiro atoms. The third kappa shape index (κ3) is 3.03. The van der Waals surface area contributed by atoms with Crippen molar-refractivity contribution >= 4 is 40.1 Å². The van der Waals surface area contributed by atoms with Crippen LogP contribution in [0.15, 0.2) is 78.9 Å². The average molecular weight is 408 g/mol. The van der Waals surface area contributed by atoms with Crippen molar-refractivity contribution in [3.63, 3.8) is 0 Å². The normalized spacial score (nSPS) is 12.9. The largest absolute Gasteiger partial charge is 0.311 e. The van der Waals surface area contributed by atoms with Crippen LogP contribution in [0.2, 0.25) is 0 Å². The van der Waals surface area contributed by atoms with Gasteiger partial charge >= 0.3 is 0 Å². The van der Waals surface area contributed by atoms with Gasteiger partial charge in [-0.1, -0.05) is 30.3 Å². The van der Waals surface area contributed by atoms with E-state index in [0.717, 1.165) is 10.6 Å². The molecular weight excluding hydrogens is 392 g/mol. The minimum atomic E-state index is -0.529. The van der Waals surface area contributed by atoms with Crippen LogP contribution in [0.1, 0.15) is 31.3 Å². The number of fused-ring (bicyclic) bond motifs is 2. The van der Waals surface area contributed by atoms with Gasteiger partial charge in [-0.05, 0) is 48.5 Å².